The van der Waals surface area contributed by atoms with Crippen LogP contribution < -0.4 is 20.3 Å². The second-order valence-corrected chi connectivity index (χ2v) is 13.1. The van der Waals surface area contributed by atoms with Crippen LogP contribution in [0.1, 0.15) is 49.7 Å². The standard InChI is InChI=1S/C32H32ClF3N6O4S/c1-31(2,3)46-30(44)37-15-19-6-5-13-42(17-19)27-23(40-28(43)24-18-47-29(41-24)20-11-12-38-39-16-20)9-10-25(26(27)32(34,35)36)45-22-8-4-7-21(33)14-22/h4,7-12,14,16,18-19H,5-6,13,15,17H2,1-3H3,(H,37,44)(H,40,43)/t19-/m0/s1. The number of aromatic nitrogens is 3. The van der Waals surface area contributed by atoms with Crippen molar-refractivity contribution in [3.8, 4) is 22.1 Å². The Morgan fingerprint density at radius 2 is 1.94 bits per heavy atom. The van der Waals surface area contributed by atoms with Crippen molar-refractivity contribution < 1.29 is 32.2 Å². The number of rotatable bonds is 8. The first-order chi connectivity index (χ1) is 22.3. The van der Waals surface area contributed by atoms with Crippen LogP contribution in [0.2, 0.25) is 5.02 Å². The molecule has 4 aromatic rings. The Labute approximate surface area is 278 Å². The van der Waals surface area contributed by atoms with E-state index in [1.54, 1.807) is 43.9 Å². The van der Waals surface area contributed by atoms with Gasteiger partial charge in [-0.2, -0.15) is 23.4 Å². The van der Waals surface area contributed by atoms with Gasteiger partial charge in [0.25, 0.3) is 5.91 Å². The van der Waals surface area contributed by atoms with E-state index in [-0.39, 0.29) is 48.4 Å². The first-order valence-corrected chi connectivity index (χ1v) is 16.0. The number of halogens is 4. The SMILES string of the molecule is CC(C)(C)OC(=O)NC[C@@H]1CCCN(c2c(NC(=O)c3csc(-c4ccnnc4)n3)ccc(Oc3cccc(Cl)c3)c2C(F)(F)F)C1. The lowest BCUT2D eigenvalue weighted by atomic mass is 9.96. The summed E-state index contributed by atoms with van der Waals surface area (Å²) in [6.45, 7) is 5.85. The summed E-state index contributed by atoms with van der Waals surface area (Å²) in [6.07, 6.45) is -1.30. The lowest BCUT2D eigenvalue weighted by Gasteiger charge is -2.37. The van der Waals surface area contributed by atoms with Crippen LogP contribution in [-0.4, -0.2) is 52.4 Å². The Balaban J connectivity index is 1.49. The molecule has 15 heteroatoms. The van der Waals surface area contributed by atoms with Crippen molar-refractivity contribution in [2.45, 2.75) is 45.4 Å². The van der Waals surface area contributed by atoms with Crippen LogP contribution in [0, 0.1) is 5.92 Å². The number of nitrogens with zero attached hydrogens (tertiary/aromatic N) is 4. The molecule has 1 aliphatic rings. The third-order valence-electron chi connectivity index (χ3n) is 7.03. The predicted molar refractivity (Wildman–Crippen MR) is 173 cm³/mol. The summed E-state index contributed by atoms with van der Waals surface area (Å²) in [5.41, 5.74) is -1.40. The van der Waals surface area contributed by atoms with E-state index in [9.17, 15) is 9.59 Å². The van der Waals surface area contributed by atoms with E-state index < -0.39 is 35.1 Å². The maximum atomic E-state index is 15.0. The predicted octanol–water partition coefficient (Wildman–Crippen LogP) is 8.06. The van der Waals surface area contributed by atoms with E-state index in [2.05, 4.69) is 25.8 Å². The van der Waals surface area contributed by atoms with Crippen molar-refractivity contribution in [3.05, 3.63) is 76.5 Å². The molecule has 47 heavy (non-hydrogen) atoms. The fraction of sp³-hybridized carbons (Fsp3) is 0.344. The molecule has 2 amide bonds. The summed E-state index contributed by atoms with van der Waals surface area (Å²) in [5.74, 6) is -1.23. The highest BCUT2D eigenvalue weighted by atomic mass is 35.5. The maximum Gasteiger partial charge on any atom is 0.422 e. The molecule has 0 bridgehead atoms. The number of hydrogen-bond donors (Lipinski definition) is 2. The molecule has 10 nitrogen and oxygen atoms in total. The van der Waals surface area contributed by atoms with Crippen LogP contribution >= 0.6 is 22.9 Å². The number of anilines is 2. The molecule has 248 valence electrons. The number of benzene rings is 2. The van der Waals surface area contributed by atoms with Crippen molar-refractivity contribution in [1.29, 1.82) is 0 Å². The lowest BCUT2D eigenvalue weighted by molar-refractivity contribution is -0.138. The summed E-state index contributed by atoms with van der Waals surface area (Å²) >= 11 is 7.26. The van der Waals surface area contributed by atoms with Gasteiger partial charge >= 0.3 is 12.3 Å². The molecular weight excluding hydrogens is 657 g/mol. The normalized spacial score (nSPS) is 15.2. The van der Waals surface area contributed by atoms with Gasteiger partial charge in [-0.15, -0.1) is 11.3 Å². The van der Waals surface area contributed by atoms with Crippen molar-refractivity contribution in [1.82, 2.24) is 20.5 Å². The van der Waals surface area contributed by atoms with Crippen LogP contribution in [0.5, 0.6) is 11.5 Å². The molecular formula is C32H32ClF3N6O4S. The molecule has 3 heterocycles. The molecule has 0 aliphatic carbocycles. The van der Waals surface area contributed by atoms with E-state index in [4.69, 9.17) is 21.1 Å². The number of alkyl carbamates (subject to hydrolysis) is 1. The molecule has 0 spiro atoms. The van der Waals surface area contributed by atoms with E-state index in [0.29, 0.717) is 28.4 Å². The van der Waals surface area contributed by atoms with Crippen LogP contribution in [0.4, 0.5) is 29.3 Å². The van der Waals surface area contributed by atoms with Gasteiger partial charge in [-0.3, -0.25) is 4.79 Å². The Morgan fingerprint density at radius 1 is 1.13 bits per heavy atom. The van der Waals surface area contributed by atoms with Crippen molar-refractivity contribution in [2.24, 2.45) is 5.92 Å². The zero-order valence-corrected chi connectivity index (χ0v) is 27.3. The molecule has 0 radical (unpaired) electrons. The van der Waals surface area contributed by atoms with Gasteiger partial charge in [0.15, 0.2) is 0 Å². The van der Waals surface area contributed by atoms with Gasteiger partial charge in [-0.05, 0) is 75.9 Å². The van der Waals surface area contributed by atoms with Gasteiger partial charge in [-0.1, -0.05) is 17.7 Å². The molecule has 0 saturated carbocycles. The lowest BCUT2D eigenvalue weighted by Crippen LogP contribution is -2.43. The second kappa shape index (κ2) is 14.1. The smallest absolute Gasteiger partial charge is 0.422 e. The van der Waals surface area contributed by atoms with Crippen molar-refractivity contribution in [3.63, 3.8) is 0 Å². The van der Waals surface area contributed by atoms with E-state index in [1.165, 1.54) is 53.4 Å². The van der Waals surface area contributed by atoms with Crippen LogP contribution in [0.3, 0.4) is 0 Å². The maximum absolute atomic E-state index is 15.0. The molecule has 5 rings (SSSR count). The van der Waals surface area contributed by atoms with Gasteiger partial charge in [0.2, 0.25) is 0 Å². The number of hydrogen-bond acceptors (Lipinski definition) is 9. The fourth-order valence-corrected chi connectivity index (χ4v) is 6.08. The molecule has 2 N–H and O–H groups in total. The van der Waals surface area contributed by atoms with Crippen molar-refractivity contribution >= 4 is 46.3 Å². The minimum absolute atomic E-state index is 0.0265. The molecule has 0 unspecified atom stereocenters. The van der Waals surface area contributed by atoms with Crippen LogP contribution in [-0.2, 0) is 10.9 Å². The number of carbonyl (C=O) groups is 2. The number of piperidine rings is 1. The molecule has 2 aromatic heterocycles. The Hall–Kier alpha value is -4.43. The highest BCUT2D eigenvalue weighted by Crippen LogP contribution is 2.48. The van der Waals surface area contributed by atoms with Crippen molar-refractivity contribution in [2.75, 3.05) is 29.9 Å². The highest BCUT2D eigenvalue weighted by Gasteiger charge is 2.41. The average molecular weight is 689 g/mol. The quantitative estimate of drug-likeness (QED) is 0.191. The van der Waals surface area contributed by atoms with Gasteiger partial charge in [0.1, 0.15) is 33.4 Å². The number of amides is 2. The van der Waals surface area contributed by atoms with Gasteiger partial charge in [0, 0.05) is 35.6 Å². The number of carbonyl (C=O) groups excluding carboxylic acids is 2. The number of thiazole rings is 1. The number of ether oxygens (including phenoxy) is 2. The zero-order chi connectivity index (χ0) is 33.8. The number of alkyl halides is 3. The topological polar surface area (TPSA) is 119 Å². The van der Waals surface area contributed by atoms with Gasteiger partial charge in [0.05, 0.1) is 23.8 Å². The summed E-state index contributed by atoms with van der Waals surface area (Å²) in [4.78, 5) is 31.7. The van der Waals surface area contributed by atoms with Crippen LogP contribution in [0.25, 0.3) is 10.6 Å². The monoisotopic (exact) mass is 688 g/mol. The van der Waals surface area contributed by atoms with Gasteiger partial charge < -0.3 is 25.0 Å². The summed E-state index contributed by atoms with van der Waals surface area (Å²) < 4.78 is 56.2. The summed E-state index contributed by atoms with van der Waals surface area (Å²) in [6, 6.07) is 10.3. The molecule has 1 saturated heterocycles. The molecule has 1 fully saturated rings. The minimum Gasteiger partial charge on any atom is -0.457 e. The first kappa shape index (κ1) is 33.9. The molecule has 2 aromatic carbocycles. The van der Waals surface area contributed by atoms with E-state index >= 15 is 13.2 Å². The number of nitrogens with one attached hydrogen (secondary N) is 2. The largest absolute Gasteiger partial charge is 0.457 e. The molecule has 1 aliphatic heterocycles. The third-order valence-corrected chi connectivity index (χ3v) is 8.16. The third kappa shape index (κ3) is 8.89. The zero-order valence-electron chi connectivity index (χ0n) is 25.7. The second-order valence-electron chi connectivity index (χ2n) is 11.9. The summed E-state index contributed by atoms with van der Waals surface area (Å²) in [7, 11) is 0. The Morgan fingerprint density at radius 3 is 2.64 bits per heavy atom. The van der Waals surface area contributed by atoms with E-state index in [0.717, 1.165) is 0 Å². The Bertz CT molecular complexity index is 1730. The van der Waals surface area contributed by atoms with Gasteiger partial charge in [-0.25, -0.2) is 9.78 Å². The average Bonchev–Trinajstić information content (AvgIpc) is 3.51. The first-order valence-electron chi connectivity index (χ1n) is 14.7. The summed E-state index contributed by atoms with van der Waals surface area (Å²) in [5, 5.41) is 15.3. The van der Waals surface area contributed by atoms with Crippen LogP contribution in [0.15, 0.2) is 60.2 Å². The Kier molecular flexibility index (Phi) is 10.2. The fourth-order valence-electron chi connectivity index (χ4n) is 5.11. The highest BCUT2D eigenvalue weighted by molar-refractivity contribution is 7.13. The van der Waals surface area contributed by atoms with E-state index in [1.807, 2.05) is 0 Å². The molecule has 1 atom stereocenters. The minimum atomic E-state index is -4.88.